The molecule has 1 aliphatic heterocycles. The summed E-state index contributed by atoms with van der Waals surface area (Å²) >= 11 is 0. The molecule has 0 aromatic heterocycles. The third kappa shape index (κ3) is 3.39. The summed E-state index contributed by atoms with van der Waals surface area (Å²) in [6.45, 7) is 4.83. The summed E-state index contributed by atoms with van der Waals surface area (Å²) in [6.07, 6.45) is 1.76. The quantitative estimate of drug-likeness (QED) is 0.0935. The lowest BCUT2D eigenvalue weighted by Crippen LogP contribution is -2.58. The van der Waals surface area contributed by atoms with Crippen molar-refractivity contribution in [2.45, 2.75) is 13.1 Å². The molecule has 1 aliphatic carbocycles. The standard InChI is InChI=1S/C38H27NO2Si/c1-42(2)33-17-9-7-15-31(33)39(32-16-8-10-18-34(32)42)25-21-19-24(20-22-25)23-30-37(40)35-28-13-5-3-11-26(28)27-12-4-6-14-29(27)36(35)38(30)41/h3-23H,1-2H3. The van der Waals surface area contributed by atoms with E-state index in [1.165, 1.54) is 21.7 Å². The number of carbonyl (C=O) groups is 2. The van der Waals surface area contributed by atoms with Gasteiger partial charge in [0.2, 0.25) is 0 Å². The second-order valence-corrected chi connectivity index (χ2v) is 16.0. The fourth-order valence-corrected chi connectivity index (χ4v) is 9.94. The SMILES string of the molecule is C[Si]1(C)c2ccccc2N(c2ccc(C=C3C(=O)c4c(c5ccccc5c5ccccc45)C3=O)cc2)c2ccccc21. The third-order valence-electron chi connectivity index (χ3n) is 8.98. The maximum Gasteiger partial charge on any atom is 0.198 e. The lowest BCUT2D eigenvalue weighted by atomic mass is 9.93. The lowest BCUT2D eigenvalue weighted by molar-refractivity contribution is 0.0991. The summed E-state index contributed by atoms with van der Waals surface area (Å²) in [5, 5.41) is 6.47. The number of nitrogens with zero attached hydrogens (tertiary/aromatic N) is 1. The number of hydrogen-bond acceptors (Lipinski definition) is 3. The van der Waals surface area contributed by atoms with Gasteiger partial charge in [-0.05, 0) is 67.8 Å². The minimum atomic E-state index is -1.85. The van der Waals surface area contributed by atoms with Crippen LogP contribution in [0, 0.1) is 0 Å². The van der Waals surface area contributed by atoms with Crippen molar-refractivity contribution in [3.8, 4) is 0 Å². The van der Waals surface area contributed by atoms with Crippen LogP contribution in [0.3, 0.4) is 0 Å². The van der Waals surface area contributed by atoms with Crippen molar-refractivity contribution in [2.75, 3.05) is 4.90 Å². The summed E-state index contributed by atoms with van der Waals surface area (Å²) in [5.41, 5.74) is 5.57. The van der Waals surface area contributed by atoms with Gasteiger partial charge in [-0.2, -0.15) is 0 Å². The number of carbonyl (C=O) groups excluding carboxylic acids is 2. The van der Waals surface area contributed by atoms with E-state index < -0.39 is 8.07 Å². The van der Waals surface area contributed by atoms with Gasteiger partial charge in [0.15, 0.2) is 11.6 Å². The number of para-hydroxylation sites is 2. The molecular formula is C38H27NO2Si. The summed E-state index contributed by atoms with van der Waals surface area (Å²) in [5.74, 6) is -0.404. The molecule has 200 valence electrons. The molecule has 6 aromatic carbocycles. The number of allylic oxidation sites excluding steroid dienone is 1. The Morgan fingerprint density at radius 1 is 0.524 bits per heavy atom. The summed E-state index contributed by atoms with van der Waals surface area (Å²) in [6, 6.07) is 41.3. The molecule has 2 aliphatic rings. The van der Waals surface area contributed by atoms with Gasteiger partial charge in [-0.3, -0.25) is 9.59 Å². The zero-order valence-corrected chi connectivity index (χ0v) is 24.4. The topological polar surface area (TPSA) is 37.4 Å². The molecular weight excluding hydrogens is 531 g/mol. The second kappa shape index (κ2) is 8.97. The molecule has 0 atom stereocenters. The van der Waals surface area contributed by atoms with Crippen LogP contribution in [0.2, 0.25) is 13.1 Å². The molecule has 0 fully saturated rings. The van der Waals surface area contributed by atoms with Gasteiger partial charge in [0, 0.05) is 28.2 Å². The summed E-state index contributed by atoms with van der Waals surface area (Å²) in [7, 11) is -1.85. The molecule has 0 N–H and O–H groups in total. The van der Waals surface area contributed by atoms with Crippen LogP contribution in [-0.4, -0.2) is 19.6 Å². The minimum Gasteiger partial charge on any atom is -0.311 e. The van der Waals surface area contributed by atoms with E-state index in [1.807, 2.05) is 60.7 Å². The van der Waals surface area contributed by atoms with Crippen LogP contribution in [0.15, 0.2) is 127 Å². The highest BCUT2D eigenvalue weighted by Crippen LogP contribution is 2.41. The first-order valence-electron chi connectivity index (χ1n) is 14.3. The Balaban J connectivity index is 1.23. The highest BCUT2D eigenvalue weighted by Gasteiger charge is 2.39. The number of hydrogen-bond donors (Lipinski definition) is 0. The van der Waals surface area contributed by atoms with Crippen molar-refractivity contribution in [2.24, 2.45) is 0 Å². The number of ketones is 2. The molecule has 1 heterocycles. The molecule has 3 nitrogen and oxygen atoms in total. The highest BCUT2D eigenvalue weighted by molar-refractivity contribution is 7.02. The van der Waals surface area contributed by atoms with Crippen LogP contribution in [0.5, 0.6) is 0 Å². The van der Waals surface area contributed by atoms with Crippen LogP contribution >= 0.6 is 0 Å². The van der Waals surface area contributed by atoms with Crippen molar-refractivity contribution < 1.29 is 9.59 Å². The minimum absolute atomic E-state index is 0.202. The van der Waals surface area contributed by atoms with Gasteiger partial charge in [-0.15, -0.1) is 0 Å². The zero-order chi connectivity index (χ0) is 28.6. The van der Waals surface area contributed by atoms with Crippen molar-refractivity contribution >= 4 is 74.7 Å². The van der Waals surface area contributed by atoms with Gasteiger partial charge in [0.05, 0.1) is 5.57 Å². The molecule has 4 heteroatoms. The highest BCUT2D eigenvalue weighted by atomic mass is 28.3. The number of fused-ring (bicyclic) bond motifs is 8. The molecule has 0 spiro atoms. The third-order valence-corrected chi connectivity index (χ3v) is 12.5. The Hall–Kier alpha value is -5.06. The van der Waals surface area contributed by atoms with Crippen LogP contribution in [0.4, 0.5) is 17.1 Å². The van der Waals surface area contributed by atoms with Crippen molar-refractivity contribution in [3.05, 3.63) is 144 Å². The Morgan fingerprint density at radius 3 is 1.45 bits per heavy atom. The van der Waals surface area contributed by atoms with Gasteiger partial charge < -0.3 is 4.90 Å². The van der Waals surface area contributed by atoms with Crippen LogP contribution in [-0.2, 0) is 0 Å². The maximum absolute atomic E-state index is 13.8. The number of rotatable bonds is 2. The summed E-state index contributed by atoms with van der Waals surface area (Å²) in [4.78, 5) is 30.0. The average molecular weight is 558 g/mol. The van der Waals surface area contributed by atoms with Gasteiger partial charge >= 0.3 is 0 Å². The lowest BCUT2D eigenvalue weighted by Gasteiger charge is -2.41. The van der Waals surface area contributed by atoms with E-state index in [-0.39, 0.29) is 17.1 Å². The van der Waals surface area contributed by atoms with Crippen molar-refractivity contribution in [3.63, 3.8) is 0 Å². The van der Waals surface area contributed by atoms with E-state index in [4.69, 9.17) is 0 Å². The van der Waals surface area contributed by atoms with Crippen LogP contribution < -0.4 is 15.3 Å². The predicted octanol–water partition coefficient (Wildman–Crippen LogP) is 8.06. The average Bonchev–Trinajstić information content (AvgIpc) is 3.27. The van der Waals surface area contributed by atoms with E-state index in [0.717, 1.165) is 32.8 Å². The Morgan fingerprint density at radius 2 is 0.952 bits per heavy atom. The molecule has 8 rings (SSSR count). The predicted molar refractivity (Wildman–Crippen MR) is 176 cm³/mol. The van der Waals surface area contributed by atoms with E-state index in [2.05, 4.69) is 78.7 Å². The largest absolute Gasteiger partial charge is 0.311 e. The van der Waals surface area contributed by atoms with Crippen LogP contribution in [0.1, 0.15) is 26.3 Å². The zero-order valence-electron chi connectivity index (χ0n) is 23.4. The molecule has 0 bridgehead atoms. The molecule has 6 aromatic rings. The van der Waals surface area contributed by atoms with Gasteiger partial charge in [-0.25, -0.2) is 0 Å². The Labute approximate surface area is 245 Å². The molecule has 0 saturated heterocycles. The number of anilines is 3. The number of benzene rings is 6. The monoisotopic (exact) mass is 557 g/mol. The van der Waals surface area contributed by atoms with Gasteiger partial charge in [0.25, 0.3) is 0 Å². The maximum atomic E-state index is 13.8. The summed E-state index contributed by atoms with van der Waals surface area (Å²) < 4.78 is 0. The Kier molecular flexibility index (Phi) is 5.28. The van der Waals surface area contributed by atoms with E-state index in [0.29, 0.717) is 11.1 Å². The van der Waals surface area contributed by atoms with E-state index >= 15 is 0 Å². The molecule has 0 radical (unpaired) electrons. The second-order valence-electron chi connectivity index (χ2n) is 11.6. The van der Waals surface area contributed by atoms with Crippen LogP contribution in [0.25, 0.3) is 27.6 Å². The molecule has 0 unspecified atom stereocenters. The van der Waals surface area contributed by atoms with Crippen molar-refractivity contribution in [1.29, 1.82) is 0 Å². The smallest absolute Gasteiger partial charge is 0.198 e. The first-order chi connectivity index (χ1) is 20.4. The number of Topliss-reactive ketones (excluding diaryl/α,β-unsaturated/α-hetero) is 2. The van der Waals surface area contributed by atoms with E-state index in [9.17, 15) is 9.59 Å². The Bertz CT molecular complexity index is 2030. The molecule has 0 amide bonds. The first-order valence-corrected chi connectivity index (χ1v) is 17.3. The normalized spacial score (nSPS) is 15.1. The van der Waals surface area contributed by atoms with Crippen molar-refractivity contribution in [1.82, 2.24) is 0 Å². The van der Waals surface area contributed by atoms with E-state index in [1.54, 1.807) is 6.08 Å². The molecule has 0 saturated carbocycles. The fraction of sp³-hybridized carbons (Fsp3) is 0.0526. The first kappa shape index (κ1) is 24.7. The molecule has 42 heavy (non-hydrogen) atoms. The van der Waals surface area contributed by atoms with Gasteiger partial charge in [0.1, 0.15) is 8.07 Å². The fourth-order valence-electron chi connectivity index (χ4n) is 6.95. The van der Waals surface area contributed by atoms with Gasteiger partial charge in [-0.1, -0.05) is 110 Å².